The highest BCUT2D eigenvalue weighted by atomic mass is 35.5. The van der Waals surface area contributed by atoms with E-state index in [0.717, 1.165) is 65.6 Å². The molecule has 3 rings (SSSR count). The first kappa shape index (κ1) is 20.2. The average molecular weight is 404 g/mol. The monoisotopic (exact) mass is 403 g/mol. The van der Waals surface area contributed by atoms with Gasteiger partial charge in [-0.25, -0.2) is 0 Å². The van der Waals surface area contributed by atoms with E-state index in [1.54, 1.807) is 0 Å². The fraction of sp³-hybridized carbons (Fsp3) is 0.409. The number of hydrogen-bond acceptors (Lipinski definition) is 4. The first-order chi connectivity index (χ1) is 13.0. The number of carbonyl (C=O) groups excluding carboxylic acids is 1. The van der Waals surface area contributed by atoms with Crippen LogP contribution in [-0.2, 0) is 12.8 Å². The van der Waals surface area contributed by atoms with Gasteiger partial charge in [0.2, 0.25) is 0 Å². The fourth-order valence-corrected chi connectivity index (χ4v) is 3.96. The normalized spacial score (nSPS) is 12.9. The number of ketones is 1. The summed E-state index contributed by atoms with van der Waals surface area (Å²) in [4.78, 5) is 15.6. The lowest BCUT2D eigenvalue weighted by molar-refractivity contribution is 0.0978. The highest BCUT2D eigenvalue weighted by Crippen LogP contribution is 2.33. The molecule has 5 heteroatoms. The van der Waals surface area contributed by atoms with Gasteiger partial charge in [0.25, 0.3) is 0 Å². The Bertz CT molecular complexity index is 809. The summed E-state index contributed by atoms with van der Waals surface area (Å²) in [6.45, 7) is 2.63. The molecule has 0 aromatic heterocycles. The maximum Gasteiger partial charge on any atom is 0.162 e. The molecule has 0 aliphatic carbocycles. The maximum atomic E-state index is 12.5. The van der Waals surface area contributed by atoms with Crippen molar-refractivity contribution < 1.29 is 9.53 Å². The minimum atomic E-state index is 0.193. The first-order valence-electron chi connectivity index (χ1n) is 9.48. The lowest BCUT2D eigenvalue weighted by Gasteiger charge is -2.16. The summed E-state index contributed by atoms with van der Waals surface area (Å²) in [6, 6.07) is 11.8. The number of carbonyl (C=O) groups is 1. The maximum absolute atomic E-state index is 12.5. The van der Waals surface area contributed by atoms with Gasteiger partial charge in [-0.2, -0.15) is 0 Å². The van der Waals surface area contributed by atoms with Gasteiger partial charge in [0, 0.05) is 34.9 Å². The van der Waals surface area contributed by atoms with Crippen LogP contribution in [0.2, 0.25) is 5.02 Å². The van der Waals surface area contributed by atoms with Crippen LogP contribution in [0.4, 0.5) is 0 Å². The number of likely N-dealkylation sites (N-methyl/N-ethyl adjacent to an activating group) is 1. The molecule has 0 spiro atoms. The Hall–Kier alpha value is -1.49. The van der Waals surface area contributed by atoms with Crippen molar-refractivity contribution in [3.05, 3.63) is 58.1 Å². The third-order valence-corrected chi connectivity index (χ3v) is 5.70. The van der Waals surface area contributed by atoms with E-state index >= 15 is 0 Å². The van der Waals surface area contributed by atoms with Gasteiger partial charge in [-0.05, 0) is 62.2 Å². The molecule has 1 aliphatic rings. The van der Waals surface area contributed by atoms with Crippen molar-refractivity contribution in [2.75, 3.05) is 26.7 Å². The molecule has 0 saturated heterocycles. The van der Waals surface area contributed by atoms with E-state index < -0.39 is 0 Å². The zero-order chi connectivity index (χ0) is 19.2. The molecule has 2 aromatic carbocycles. The van der Waals surface area contributed by atoms with Gasteiger partial charge in [0.15, 0.2) is 5.78 Å². The average Bonchev–Trinajstić information content (AvgIpc) is 3.13. The molecule has 0 saturated carbocycles. The zero-order valence-electron chi connectivity index (χ0n) is 15.7. The number of unbranched alkanes of at least 4 members (excludes halogenated alkanes) is 1. The predicted molar refractivity (Wildman–Crippen MR) is 114 cm³/mol. The minimum Gasteiger partial charge on any atom is -0.492 e. The smallest absolute Gasteiger partial charge is 0.162 e. The standard InChI is InChI=1S/C22H26ClNO2S/c1-24(12-9-16-6-2-3-7-19(16)23)11-5-4-8-20(25)18-14-17-10-13-26-22(17)21(27)15-18/h2-3,6-7,14-15,27H,4-5,8-13H2,1H3. The third kappa shape index (κ3) is 5.50. The number of hydrogen-bond donors (Lipinski definition) is 1. The molecule has 144 valence electrons. The number of Topliss-reactive ketones (excluding diaryl/α,β-unsaturated/α-hetero) is 1. The van der Waals surface area contributed by atoms with Gasteiger partial charge in [0.05, 0.1) is 6.61 Å². The number of thiol groups is 1. The molecule has 1 heterocycles. The molecule has 1 aliphatic heterocycles. The number of ether oxygens (including phenoxy) is 1. The molecule has 0 N–H and O–H groups in total. The topological polar surface area (TPSA) is 29.5 Å². The van der Waals surface area contributed by atoms with Crippen LogP contribution in [0.25, 0.3) is 0 Å². The van der Waals surface area contributed by atoms with Crippen LogP contribution in [0.1, 0.15) is 40.7 Å². The lowest BCUT2D eigenvalue weighted by Crippen LogP contribution is -2.22. The van der Waals surface area contributed by atoms with Gasteiger partial charge in [-0.3, -0.25) is 4.79 Å². The largest absolute Gasteiger partial charge is 0.492 e. The molecule has 0 atom stereocenters. The molecule has 0 unspecified atom stereocenters. The van der Waals surface area contributed by atoms with Crippen LogP contribution in [0.5, 0.6) is 5.75 Å². The summed E-state index contributed by atoms with van der Waals surface area (Å²) in [5.41, 5.74) is 3.05. The Labute approximate surface area is 172 Å². The quantitative estimate of drug-likeness (QED) is 0.359. The molecule has 0 radical (unpaired) electrons. The summed E-state index contributed by atoms with van der Waals surface area (Å²) in [7, 11) is 2.12. The SMILES string of the molecule is CN(CCCCC(=O)c1cc(S)c2c(c1)CCO2)CCc1ccccc1Cl. The fourth-order valence-electron chi connectivity index (χ4n) is 3.38. The van der Waals surface area contributed by atoms with Crippen molar-refractivity contribution >= 4 is 30.0 Å². The van der Waals surface area contributed by atoms with Crippen LogP contribution < -0.4 is 4.74 Å². The summed E-state index contributed by atoms with van der Waals surface area (Å²) in [6.07, 6.45) is 4.28. The Morgan fingerprint density at radius 3 is 2.85 bits per heavy atom. The van der Waals surface area contributed by atoms with Crippen LogP contribution in [0, 0.1) is 0 Å². The van der Waals surface area contributed by atoms with Crippen LogP contribution in [-0.4, -0.2) is 37.4 Å². The van der Waals surface area contributed by atoms with Gasteiger partial charge in [-0.1, -0.05) is 29.8 Å². The number of rotatable bonds is 9. The predicted octanol–water partition coefficient (Wildman–Crippen LogP) is 5.09. The Morgan fingerprint density at radius 2 is 2.04 bits per heavy atom. The molecule has 0 amide bonds. The van der Waals surface area contributed by atoms with Crippen molar-refractivity contribution in [2.45, 2.75) is 37.0 Å². The van der Waals surface area contributed by atoms with Crippen molar-refractivity contribution in [1.82, 2.24) is 4.90 Å². The minimum absolute atomic E-state index is 0.193. The van der Waals surface area contributed by atoms with E-state index in [1.165, 1.54) is 5.56 Å². The second-order valence-corrected chi connectivity index (χ2v) is 8.00. The van der Waals surface area contributed by atoms with Gasteiger partial charge in [0.1, 0.15) is 5.75 Å². The molecule has 0 bridgehead atoms. The Morgan fingerprint density at radius 1 is 1.22 bits per heavy atom. The van der Waals surface area contributed by atoms with E-state index in [2.05, 4.69) is 30.6 Å². The Balaban J connectivity index is 1.39. The number of fused-ring (bicyclic) bond motifs is 1. The van der Waals surface area contributed by atoms with E-state index in [0.29, 0.717) is 13.0 Å². The zero-order valence-corrected chi connectivity index (χ0v) is 17.4. The molecule has 3 nitrogen and oxygen atoms in total. The van der Waals surface area contributed by atoms with Crippen molar-refractivity contribution in [1.29, 1.82) is 0 Å². The summed E-state index contributed by atoms with van der Waals surface area (Å²) < 4.78 is 5.55. The number of nitrogens with zero attached hydrogens (tertiary/aromatic N) is 1. The van der Waals surface area contributed by atoms with Crippen molar-refractivity contribution in [3.63, 3.8) is 0 Å². The van der Waals surface area contributed by atoms with Gasteiger partial charge in [-0.15, -0.1) is 12.6 Å². The molecule has 27 heavy (non-hydrogen) atoms. The highest BCUT2D eigenvalue weighted by Gasteiger charge is 2.18. The third-order valence-electron chi connectivity index (χ3n) is 5.00. The van der Waals surface area contributed by atoms with E-state index in [-0.39, 0.29) is 5.78 Å². The summed E-state index contributed by atoms with van der Waals surface area (Å²) in [5.74, 6) is 1.04. The second kappa shape index (κ2) is 9.63. The van der Waals surface area contributed by atoms with Gasteiger partial charge < -0.3 is 9.64 Å². The first-order valence-corrected chi connectivity index (χ1v) is 10.3. The van der Waals surface area contributed by atoms with Crippen molar-refractivity contribution in [2.24, 2.45) is 0 Å². The lowest BCUT2D eigenvalue weighted by atomic mass is 10.0. The number of halogens is 1. The summed E-state index contributed by atoms with van der Waals surface area (Å²) in [5, 5.41) is 0.833. The van der Waals surface area contributed by atoms with E-state index in [1.807, 2.05) is 30.3 Å². The molecule has 0 fully saturated rings. The highest BCUT2D eigenvalue weighted by molar-refractivity contribution is 7.80. The van der Waals surface area contributed by atoms with Crippen LogP contribution in [0.15, 0.2) is 41.3 Å². The molecular formula is C22H26ClNO2S. The van der Waals surface area contributed by atoms with Crippen LogP contribution >= 0.6 is 24.2 Å². The van der Waals surface area contributed by atoms with E-state index in [9.17, 15) is 4.79 Å². The van der Waals surface area contributed by atoms with Crippen molar-refractivity contribution in [3.8, 4) is 5.75 Å². The summed E-state index contributed by atoms with van der Waals surface area (Å²) >= 11 is 10.7. The Kier molecular flexibility index (Phi) is 7.22. The molecule has 2 aromatic rings. The van der Waals surface area contributed by atoms with Gasteiger partial charge >= 0.3 is 0 Å². The second-order valence-electron chi connectivity index (χ2n) is 7.11. The van der Waals surface area contributed by atoms with E-state index in [4.69, 9.17) is 16.3 Å². The van der Waals surface area contributed by atoms with Crippen LogP contribution in [0.3, 0.4) is 0 Å². The molecular weight excluding hydrogens is 378 g/mol. The number of benzene rings is 2.